The smallest absolute Gasteiger partial charge is 0.320 e. The van der Waals surface area contributed by atoms with Crippen molar-refractivity contribution in [2.75, 3.05) is 6.54 Å². The molecule has 0 amide bonds. The second-order valence-corrected chi connectivity index (χ2v) is 12.2. The van der Waals surface area contributed by atoms with Gasteiger partial charge in [-0.05, 0) is 81.9 Å². The van der Waals surface area contributed by atoms with Crippen LogP contribution in [0.4, 0.5) is 13.2 Å². The lowest BCUT2D eigenvalue weighted by Crippen LogP contribution is -2.37. The number of nitrogens with zero attached hydrogens (tertiary/aromatic N) is 6. The van der Waals surface area contributed by atoms with Crippen molar-refractivity contribution in [2.24, 2.45) is 18.9 Å². The number of imidazole rings is 1. The first-order chi connectivity index (χ1) is 18.7. The Labute approximate surface area is 227 Å². The molecule has 7 nitrogen and oxygen atoms in total. The molecule has 212 valence electrons. The fourth-order valence-electron chi connectivity index (χ4n) is 7.44. The van der Waals surface area contributed by atoms with Crippen molar-refractivity contribution in [3.63, 3.8) is 0 Å². The third kappa shape index (κ3) is 5.05. The van der Waals surface area contributed by atoms with Crippen LogP contribution in [0.3, 0.4) is 0 Å². The van der Waals surface area contributed by atoms with Crippen LogP contribution in [0.5, 0.6) is 0 Å². The van der Waals surface area contributed by atoms with E-state index in [4.69, 9.17) is 0 Å². The van der Waals surface area contributed by atoms with Crippen molar-refractivity contribution in [1.29, 1.82) is 0 Å². The van der Waals surface area contributed by atoms with Crippen LogP contribution in [0.25, 0.3) is 5.52 Å². The van der Waals surface area contributed by atoms with Crippen LogP contribution in [0.1, 0.15) is 100 Å². The maximum absolute atomic E-state index is 14.3. The minimum Gasteiger partial charge on any atom is -0.320 e. The molecule has 3 fully saturated rings. The molecule has 2 unspecified atom stereocenters. The summed E-state index contributed by atoms with van der Waals surface area (Å²) in [5.74, 6) is 2.14. The maximum atomic E-state index is 14.3. The van der Waals surface area contributed by atoms with Gasteiger partial charge in [0.05, 0.1) is 11.1 Å². The van der Waals surface area contributed by atoms with Gasteiger partial charge in [0.1, 0.15) is 12.2 Å². The molecule has 2 saturated carbocycles. The van der Waals surface area contributed by atoms with Crippen molar-refractivity contribution in [3.05, 3.63) is 52.2 Å². The number of alkyl halides is 3. The average Bonchev–Trinajstić information content (AvgIpc) is 3.44. The summed E-state index contributed by atoms with van der Waals surface area (Å²) in [5, 5.41) is 8.59. The summed E-state index contributed by atoms with van der Waals surface area (Å²) in [4.78, 5) is 15.9. The lowest BCUT2D eigenvalue weighted by atomic mass is 9.66. The highest BCUT2D eigenvalue weighted by atomic mass is 19.4. The van der Waals surface area contributed by atoms with E-state index >= 15 is 0 Å². The first-order valence-corrected chi connectivity index (χ1v) is 14.6. The number of halogens is 3. The molecule has 10 heteroatoms. The molecule has 0 aromatic carbocycles. The zero-order chi connectivity index (χ0) is 27.3. The average molecular weight is 545 g/mol. The third-order valence-electron chi connectivity index (χ3n) is 9.77. The van der Waals surface area contributed by atoms with E-state index in [1.165, 1.54) is 35.9 Å². The molecular weight excluding hydrogens is 505 g/mol. The number of pyridine rings is 1. The normalized spacial score (nSPS) is 26.1. The van der Waals surface area contributed by atoms with Gasteiger partial charge >= 0.3 is 11.9 Å². The van der Waals surface area contributed by atoms with E-state index in [-0.39, 0.29) is 23.2 Å². The Morgan fingerprint density at radius 1 is 1.03 bits per heavy atom. The van der Waals surface area contributed by atoms with Crippen LogP contribution >= 0.6 is 0 Å². The van der Waals surface area contributed by atoms with Crippen LogP contribution in [-0.4, -0.2) is 41.2 Å². The van der Waals surface area contributed by atoms with Gasteiger partial charge < -0.3 is 4.57 Å². The van der Waals surface area contributed by atoms with Gasteiger partial charge in [-0.15, -0.1) is 10.2 Å². The van der Waals surface area contributed by atoms with E-state index in [1.807, 2.05) is 11.6 Å². The molecule has 4 heterocycles. The van der Waals surface area contributed by atoms with Crippen LogP contribution in [0, 0.1) is 11.8 Å². The number of likely N-dealkylation sites (tertiary alicyclic amines) is 1. The SMILES string of the molecule is C[C@H]1CCCCN1Cc1cc(C(F)(F)F)c2cn(C3CCCC([C@@H](c4nncn4C)C4CCC4)C3)c(=O)n2c1. The van der Waals surface area contributed by atoms with Crippen LogP contribution in [-0.2, 0) is 19.8 Å². The minimum absolute atomic E-state index is 0.0473. The Morgan fingerprint density at radius 3 is 2.46 bits per heavy atom. The molecule has 6 rings (SSSR count). The molecule has 39 heavy (non-hydrogen) atoms. The van der Waals surface area contributed by atoms with Crippen molar-refractivity contribution in [3.8, 4) is 0 Å². The van der Waals surface area contributed by atoms with Crippen molar-refractivity contribution in [2.45, 2.75) is 102 Å². The summed E-state index contributed by atoms with van der Waals surface area (Å²) >= 11 is 0. The predicted molar refractivity (Wildman–Crippen MR) is 142 cm³/mol. The molecule has 0 radical (unpaired) electrons. The largest absolute Gasteiger partial charge is 0.418 e. The fourth-order valence-corrected chi connectivity index (χ4v) is 7.44. The molecule has 2 aliphatic carbocycles. The van der Waals surface area contributed by atoms with Gasteiger partial charge in [-0.25, -0.2) is 4.79 Å². The summed E-state index contributed by atoms with van der Waals surface area (Å²) in [6, 6.07) is 1.45. The van der Waals surface area contributed by atoms with E-state index in [2.05, 4.69) is 22.0 Å². The Bertz CT molecular complexity index is 1370. The Morgan fingerprint density at radius 2 is 1.79 bits per heavy atom. The molecule has 0 bridgehead atoms. The Balaban J connectivity index is 1.34. The summed E-state index contributed by atoms with van der Waals surface area (Å²) in [6.07, 6.45) is 10.7. The lowest BCUT2D eigenvalue weighted by molar-refractivity contribution is -0.136. The quantitative estimate of drug-likeness (QED) is 0.386. The molecule has 4 atom stereocenters. The van der Waals surface area contributed by atoms with E-state index < -0.39 is 11.7 Å². The molecule has 1 aliphatic heterocycles. The molecule has 3 aromatic rings. The highest BCUT2D eigenvalue weighted by molar-refractivity contribution is 5.56. The van der Waals surface area contributed by atoms with Crippen LogP contribution < -0.4 is 5.69 Å². The van der Waals surface area contributed by atoms with Gasteiger partial charge in [0.25, 0.3) is 0 Å². The number of rotatable bonds is 6. The van der Waals surface area contributed by atoms with Gasteiger partial charge in [-0.1, -0.05) is 19.3 Å². The lowest BCUT2D eigenvalue weighted by Gasteiger charge is -2.41. The van der Waals surface area contributed by atoms with E-state index in [9.17, 15) is 18.0 Å². The van der Waals surface area contributed by atoms with Gasteiger partial charge in [-0.3, -0.25) is 13.9 Å². The van der Waals surface area contributed by atoms with Crippen LogP contribution in [0.15, 0.2) is 29.6 Å². The van der Waals surface area contributed by atoms with Crippen molar-refractivity contribution in [1.82, 2.24) is 28.6 Å². The number of aryl methyl sites for hydroxylation is 1. The minimum atomic E-state index is -4.54. The number of aromatic nitrogens is 5. The van der Waals surface area contributed by atoms with Gasteiger partial charge in [0.15, 0.2) is 0 Å². The van der Waals surface area contributed by atoms with Gasteiger partial charge in [0, 0.05) is 44.0 Å². The molecule has 3 aliphatic rings. The molecule has 0 N–H and O–H groups in total. The van der Waals surface area contributed by atoms with E-state index in [0.29, 0.717) is 30.0 Å². The number of hydrogen-bond donors (Lipinski definition) is 0. The molecule has 3 aromatic heterocycles. The van der Waals surface area contributed by atoms with Crippen molar-refractivity contribution < 1.29 is 13.2 Å². The number of piperidine rings is 1. The third-order valence-corrected chi connectivity index (χ3v) is 9.77. The van der Waals surface area contributed by atoms with Gasteiger partial charge in [-0.2, -0.15) is 13.2 Å². The highest BCUT2D eigenvalue weighted by Crippen LogP contribution is 2.49. The number of fused-ring (bicyclic) bond motifs is 1. The zero-order valence-electron chi connectivity index (χ0n) is 22.9. The summed E-state index contributed by atoms with van der Waals surface area (Å²) in [7, 11) is 1.98. The molecule has 1 saturated heterocycles. The molecule has 0 spiro atoms. The summed E-state index contributed by atoms with van der Waals surface area (Å²) < 4.78 is 47.7. The molecular formula is C29H39F3N6O. The number of hydrogen-bond acceptors (Lipinski definition) is 4. The fraction of sp³-hybridized carbons (Fsp3) is 0.690. The summed E-state index contributed by atoms with van der Waals surface area (Å²) in [6.45, 7) is 3.42. The topological polar surface area (TPSA) is 60.4 Å². The van der Waals surface area contributed by atoms with E-state index in [0.717, 1.165) is 57.3 Å². The van der Waals surface area contributed by atoms with Crippen molar-refractivity contribution >= 4 is 5.52 Å². The zero-order valence-corrected chi connectivity index (χ0v) is 22.9. The van der Waals surface area contributed by atoms with Gasteiger partial charge in [0.2, 0.25) is 0 Å². The summed E-state index contributed by atoms with van der Waals surface area (Å²) in [5.41, 5.74) is -0.598. The highest BCUT2D eigenvalue weighted by Gasteiger charge is 2.40. The van der Waals surface area contributed by atoms with Crippen LogP contribution in [0.2, 0.25) is 0 Å². The maximum Gasteiger partial charge on any atom is 0.418 e. The Hall–Kier alpha value is -2.62. The second kappa shape index (κ2) is 10.4. The monoisotopic (exact) mass is 544 g/mol. The van der Waals surface area contributed by atoms with E-state index in [1.54, 1.807) is 17.1 Å². The first-order valence-electron chi connectivity index (χ1n) is 14.6. The Kier molecular flexibility index (Phi) is 7.10. The first kappa shape index (κ1) is 26.6. The standard InChI is InChI=1S/C29H39F3N6O/c1-19-7-3-4-12-36(19)15-20-13-24(29(30,31)32)25-17-37(28(39)38(25)16-20)23-11-6-10-22(14-23)26(21-8-5-9-21)27-34-33-18-35(27)2/h13,16-19,21-23,26H,3-12,14-15H2,1-2H3/t19-,22?,23?,26-/m0/s1. The second-order valence-electron chi connectivity index (χ2n) is 12.2. The predicted octanol–water partition coefficient (Wildman–Crippen LogP) is 5.94.